The summed E-state index contributed by atoms with van der Waals surface area (Å²) in [6.07, 6.45) is 2.02. The van der Waals surface area contributed by atoms with Gasteiger partial charge in [-0.15, -0.1) is 0 Å². The van der Waals surface area contributed by atoms with Gasteiger partial charge in [0.25, 0.3) is 0 Å². The molecule has 0 aliphatic heterocycles. The molecule has 2 nitrogen and oxygen atoms in total. The second-order valence-corrected chi connectivity index (χ2v) is 6.20. The summed E-state index contributed by atoms with van der Waals surface area (Å²) in [5.41, 5.74) is 4.75. The lowest BCUT2D eigenvalue weighted by molar-refractivity contribution is 0.111. The molecular formula is C18H25NO. The van der Waals surface area contributed by atoms with Gasteiger partial charge in [0.1, 0.15) is 0 Å². The van der Waals surface area contributed by atoms with Gasteiger partial charge in [-0.1, -0.05) is 40.7 Å². The van der Waals surface area contributed by atoms with Gasteiger partial charge < -0.3 is 4.57 Å². The van der Waals surface area contributed by atoms with Gasteiger partial charge >= 0.3 is 0 Å². The first-order chi connectivity index (χ1) is 9.49. The normalized spacial score (nSPS) is 11.8. The largest absolute Gasteiger partial charge is 0.338 e. The lowest BCUT2D eigenvalue weighted by atomic mass is 9.93. The number of hydrogen-bond donors (Lipinski definition) is 0. The molecule has 1 aromatic heterocycles. The third-order valence-electron chi connectivity index (χ3n) is 3.93. The highest BCUT2D eigenvalue weighted by Gasteiger charge is 2.16. The van der Waals surface area contributed by atoms with Gasteiger partial charge in [-0.05, 0) is 41.5 Å². The van der Waals surface area contributed by atoms with Crippen molar-refractivity contribution in [3.8, 4) is 0 Å². The summed E-state index contributed by atoms with van der Waals surface area (Å²) in [6.45, 7) is 11.9. The third kappa shape index (κ3) is 2.52. The van der Waals surface area contributed by atoms with Gasteiger partial charge in [0, 0.05) is 11.9 Å². The monoisotopic (exact) mass is 271 g/mol. The van der Waals surface area contributed by atoms with Crippen LogP contribution < -0.4 is 0 Å². The Hall–Kier alpha value is -1.57. The highest BCUT2D eigenvalue weighted by Crippen LogP contribution is 2.32. The molecule has 0 N–H and O–H groups in total. The molecule has 2 heteroatoms. The Morgan fingerprint density at radius 2 is 1.80 bits per heavy atom. The Morgan fingerprint density at radius 1 is 1.10 bits per heavy atom. The van der Waals surface area contributed by atoms with E-state index in [4.69, 9.17) is 0 Å². The third-order valence-corrected chi connectivity index (χ3v) is 3.93. The smallest absolute Gasteiger partial charge is 0.166 e. The fourth-order valence-electron chi connectivity index (χ4n) is 2.83. The number of aryl methyl sites for hydroxylation is 1. The van der Waals surface area contributed by atoms with Crippen molar-refractivity contribution in [2.45, 2.75) is 59.4 Å². The molecule has 0 bridgehead atoms. The number of carbonyl (C=O) groups is 1. The zero-order valence-electron chi connectivity index (χ0n) is 13.2. The van der Waals surface area contributed by atoms with Crippen molar-refractivity contribution in [3.63, 3.8) is 0 Å². The van der Waals surface area contributed by atoms with E-state index in [0.29, 0.717) is 11.8 Å². The van der Waals surface area contributed by atoms with E-state index in [0.717, 1.165) is 24.9 Å². The van der Waals surface area contributed by atoms with E-state index in [1.165, 1.54) is 22.0 Å². The Labute approximate surface area is 121 Å². The summed E-state index contributed by atoms with van der Waals surface area (Å²) in [6, 6.07) is 6.60. The molecule has 0 spiro atoms. The second kappa shape index (κ2) is 5.82. The molecule has 1 heterocycles. The lowest BCUT2D eigenvalue weighted by Crippen LogP contribution is -2.04. The van der Waals surface area contributed by atoms with Gasteiger partial charge in [0.05, 0.1) is 11.2 Å². The minimum Gasteiger partial charge on any atom is -0.338 e. The number of aldehydes is 1. The number of carbonyl (C=O) groups excluding carboxylic acids is 1. The molecule has 0 atom stereocenters. The molecule has 1 aromatic carbocycles. The van der Waals surface area contributed by atoms with E-state index in [-0.39, 0.29) is 0 Å². The minimum atomic E-state index is 0.459. The zero-order valence-corrected chi connectivity index (χ0v) is 13.2. The summed E-state index contributed by atoms with van der Waals surface area (Å²) in [5.74, 6) is 0.965. The van der Waals surface area contributed by atoms with Crippen molar-refractivity contribution in [2.75, 3.05) is 0 Å². The van der Waals surface area contributed by atoms with Crippen molar-refractivity contribution < 1.29 is 4.79 Å². The van der Waals surface area contributed by atoms with Crippen LogP contribution in [0.4, 0.5) is 0 Å². The minimum absolute atomic E-state index is 0.459. The van der Waals surface area contributed by atoms with Gasteiger partial charge in [-0.2, -0.15) is 0 Å². The Balaban J connectivity index is 2.81. The van der Waals surface area contributed by atoms with Crippen LogP contribution >= 0.6 is 0 Å². The van der Waals surface area contributed by atoms with Crippen LogP contribution in [0.5, 0.6) is 0 Å². The molecule has 0 saturated carbocycles. The number of benzene rings is 1. The van der Waals surface area contributed by atoms with Gasteiger partial charge in [0.15, 0.2) is 6.29 Å². The van der Waals surface area contributed by atoms with E-state index in [9.17, 15) is 4.79 Å². The van der Waals surface area contributed by atoms with Gasteiger partial charge in [-0.25, -0.2) is 0 Å². The molecule has 0 amide bonds. The fourth-order valence-corrected chi connectivity index (χ4v) is 2.83. The molecule has 0 aliphatic rings. The highest BCUT2D eigenvalue weighted by molar-refractivity contribution is 5.91. The maximum Gasteiger partial charge on any atom is 0.166 e. The van der Waals surface area contributed by atoms with Gasteiger partial charge in [-0.3, -0.25) is 4.79 Å². The van der Waals surface area contributed by atoms with Crippen molar-refractivity contribution >= 4 is 17.2 Å². The van der Waals surface area contributed by atoms with E-state index in [1.807, 2.05) is 6.07 Å². The topological polar surface area (TPSA) is 22.0 Å². The van der Waals surface area contributed by atoms with Crippen molar-refractivity contribution in [2.24, 2.45) is 0 Å². The summed E-state index contributed by atoms with van der Waals surface area (Å²) in [4.78, 5) is 11.4. The second-order valence-electron chi connectivity index (χ2n) is 6.20. The van der Waals surface area contributed by atoms with E-state index >= 15 is 0 Å². The van der Waals surface area contributed by atoms with Gasteiger partial charge in [0.2, 0.25) is 0 Å². The van der Waals surface area contributed by atoms with E-state index in [1.54, 1.807) is 0 Å². The Bertz CT molecular complexity index is 620. The fraction of sp³-hybridized carbons (Fsp3) is 0.500. The first kappa shape index (κ1) is 14.8. The zero-order chi connectivity index (χ0) is 14.9. The average Bonchev–Trinajstić information content (AvgIpc) is 2.76. The lowest BCUT2D eigenvalue weighted by Gasteiger charge is -2.16. The molecule has 0 saturated heterocycles. The van der Waals surface area contributed by atoms with Crippen LogP contribution in [0.2, 0.25) is 0 Å². The number of fused-ring (bicyclic) bond motifs is 1. The first-order valence-corrected chi connectivity index (χ1v) is 7.61. The Morgan fingerprint density at radius 3 is 2.30 bits per heavy atom. The number of hydrogen-bond acceptors (Lipinski definition) is 1. The maximum absolute atomic E-state index is 11.4. The molecule has 0 aliphatic carbocycles. The summed E-state index contributed by atoms with van der Waals surface area (Å²) in [7, 11) is 0. The first-order valence-electron chi connectivity index (χ1n) is 7.61. The number of rotatable bonds is 5. The molecule has 2 rings (SSSR count). The molecule has 20 heavy (non-hydrogen) atoms. The van der Waals surface area contributed by atoms with E-state index < -0.39 is 0 Å². The van der Waals surface area contributed by atoms with Crippen LogP contribution in [0.1, 0.15) is 74.5 Å². The SMILES string of the molecule is CCCn1c(C=O)cc2cc(C(C)C)cc(C(C)C)c21. The quantitative estimate of drug-likeness (QED) is 0.692. The predicted molar refractivity (Wildman–Crippen MR) is 85.8 cm³/mol. The van der Waals surface area contributed by atoms with Crippen molar-refractivity contribution in [1.29, 1.82) is 0 Å². The Kier molecular flexibility index (Phi) is 4.32. The predicted octanol–water partition coefficient (Wildman–Crippen LogP) is 5.11. The average molecular weight is 271 g/mol. The molecular weight excluding hydrogens is 246 g/mol. The van der Waals surface area contributed by atoms with Crippen molar-refractivity contribution in [3.05, 3.63) is 35.0 Å². The van der Waals surface area contributed by atoms with Crippen LogP contribution in [0.15, 0.2) is 18.2 Å². The van der Waals surface area contributed by atoms with Crippen LogP contribution in [0.25, 0.3) is 10.9 Å². The van der Waals surface area contributed by atoms with Crippen LogP contribution in [-0.4, -0.2) is 10.9 Å². The van der Waals surface area contributed by atoms with Crippen LogP contribution in [0, 0.1) is 0 Å². The number of nitrogens with zero attached hydrogens (tertiary/aromatic N) is 1. The summed E-state index contributed by atoms with van der Waals surface area (Å²) >= 11 is 0. The summed E-state index contributed by atoms with van der Waals surface area (Å²) < 4.78 is 2.18. The van der Waals surface area contributed by atoms with E-state index in [2.05, 4.69) is 51.3 Å². The summed E-state index contributed by atoms with van der Waals surface area (Å²) in [5, 5.41) is 1.20. The highest BCUT2D eigenvalue weighted by atomic mass is 16.1. The van der Waals surface area contributed by atoms with Crippen LogP contribution in [-0.2, 0) is 6.54 Å². The van der Waals surface area contributed by atoms with Crippen molar-refractivity contribution in [1.82, 2.24) is 4.57 Å². The number of aromatic nitrogens is 1. The van der Waals surface area contributed by atoms with Crippen LogP contribution in [0.3, 0.4) is 0 Å². The molecule has 0 unspecified atom stereocenters. The molecule has 0 fully saturated rings. The molecule has 0 radical (unpaired) electrons. The maximum atomic E-state index is 11.4. The standard InChI is InChI=1S/C18H25NO/c1-6-7-19-16(11-20)9-15-8-14(12(2)3)10-17(13(4)5)18(15)19/h8-13H,6-7H2,1-5H3. The molecule has 108 valence electrons. The molecule has 2 aromatic rings.